The van der Waals surface area contributed by atoms with E-state index >= 15 is 0 Å². The summed E-state index contributed by atoms with van der Waals surface area (Å²) in [6.45, 7) is 0. The van der Waals surface area contributed by atoms with Crippen LogP contribution in [0.25, 0.3) is 0 Å². The van der Waals surface area contributed by atoms with Crippen molar-refractivity contribution >= 4 is 39.3 Å². The van der Waals surface area contributed by atoms with Gasteiger partial charge in [-0.25, -0.2) is 0 Å². The molecule has 22 heavy (non-hydrogen) atoms. The van der Waals surface area contributed by atoms with Gasteiger partial charge in [0.1, 0.15) is 11.5 Å². The van der Waals surface area contributed by atoms with E-state index in [1.54, 1.807) is 24.3 Å². The summed E-state index contributed by atoms with van der Waals surface area (Å²) in [6.07, 6.45) is 0. The van der Waals surface area contributed by atoms with E-state index in [0.717, 1.165) is 0 Å². The number of halogens is 1. The highest BCUT2D eigenvalue weighted by Crippen LogP contribution is 2.43. The Morgan fingerprint density at radius 1 is 1.00 bits per heavy atom. The van der Waals surface area contributed by atoms with Crippen LogP contribution < -0.4 is 0 Å². The van der Waals surface area contributed by atoms with Gasteiger partial charge in [0.25, 0.3) is 0 Å². The molecule has 112 valence electrons. The molecule has 0 atom stereocenters. The molecule has 3 rings (SSSR count). The van der Waals surface area contributed by atoms with E-state index in [0.29, 0.717) is 16.0 Å². The zero-order valence-electron chi connectivity index (χ0n) is 11.3. The highest BCUT2D eigenvalue weighted by atomic mass is 79.9. The molecule has 0 saturated carbocycles. The first kappa shape index (κ1) is 15.1. The molecule has 0 saturated heterocycles. The molecule has 0 unspecified atom stereocenters. The molecule has 0 radical (unpaired) electrons. The molecule has 0 spiro atoms. The first-order valence-corrected chi connectivity index (χ1v) is 8.63. The number of benzene rings is 2. The molecule has 6 heteroatoms. The molecule has 1 aliphatic carbocycles. The average Bonchev–Trinajstić information content (AvgIpc) is 2.53. The van der Waals surface area contributed by atoms with Gasteiger partial charge >= 0.3 is 0 Å². The summed E-state index contributed by atoms with van der Waals surface area (Å²) >= 11 is 4.58. The molecule has 2 aromatic carbocycles. The highest BCUT2D eigenvalue weighted by Gasteiger charge is 2.35. The molecule has 0 heterocycles. The van der Waals surface area contributed by atoms with E-state index in [-0.39, 0.29) is 33.8 Å². The van der Waals surface area contributed by atoms with Crippen molar-refractivity contribution in [3.63, 3.8) is 0 Å². The number of carbonyl (C=O) groups excluding carboxylic acids is 2. The van der Waals surface area contributed by atoms with Crippen LogP contribution in [0.3, 0.4) is 0 Å². The molecule has 0 fully saturated rings. The van der Waals surface area contributed by atoms with E-state index in [9.17, 15) is 19.8 Å². The Kier molecular flexibility index (Phi) is 3.97. The van der Waals surface area contributed by atoms with Crippen LogP contribution in [0.4, 0.5) is 0 Å². The number of aromatic hydroxyl groups is 2. The quantitative estimate of drug-likeness (QED) is 0.415. The maximum atomic E-state index is 12.6. The van der Waals surface area contributed by atoms with Gasteiger partial charge in [-0.05, 0) is 6.07 Å². The Morgan fingerprint density at radius 3 is 2.18 bits per heavy atom. The van der Waals surface area contributed by atoms with Crippen molar-refractivity contribution in [2.75, 3.05) is 11.1 Å². The van der Waals surface area contributed by atoms with E-state index in [4.69, 9.17) is 0 Å². The fourth-order valence-electron chi connectivity index (χ4n) is 2.49. The fraction of sp³-hybridized carbons (Fsp3) is 0.125. The minimum Gasteiger partial charge on any atom is -0.507 e. The topological polar surface area (TPSA) is 74.6 Å². The number of fused-ring (bicyclic) bond motifs is 2. The van der Waals surface area contributed by atoms with Gasteiger partial charge in [0.2, 0.25) is 0 Å². The summed E-state index contributed by atoms with van der Waals surface area (Å²) in [6, 6.07) is 7.75. The van der Waals surface area contributed by atoms with Crippen LogP contribution in [0.1, 0.15) is 31.8 Å². The maximum absolute atomic E-state index is 12.6. The minimum absolute atomic E-state index is 0.110. The predicted octanol–water partition coefficient (Wildman–Crippen LogP) is 3.36. The van der Waals surface area contributed by atoms with Crippen LogP contribution in [-0.4, -0.2) is 32.9 Å². The lowest BCUT2D eigenvalue weighted by molar-refractivity contribution is 0.0973. The van der Waals surface area contributed by atoms with Crippen LogP contribution in [0.5, 0.6) is 11.5 Å². The first-order chi connectivity index (χ1) is 10.6. The van der Waals surface area contributed by atoms with Crippen LogP contribution in [0.2, 0.25) is 0 Å². The van der Waals surface area contributed by atoms with Gasteiger partial charge in [-0.15, -0.1) is 11.8 Å². The molecular weight excluding hydrogens is 368 g/mol. The smallest absolute Gasteiger partial charge is 0.198 e. The average molecular weight is 379 g/mol. The molecule has 2 N–H and O–H groups in total. The SMILES string of the molecule is O=C1c2ccccc2C(=O)c2c(O)c(SCCBr)cc(O)c21. The number of alkyl halides is 1. The largest absolute Gasteiger partial charge is 0.507 e. The number of hydrogen-bond acceptors (Lipinski definition) is 5. The second-order valence-corrected chi connectivity index (χ2v) is 6.66. The van der Waals surface area contributed by atoms with E-state index in [1.165, 1.54) is 17.8 Å². The van der Waals surface area contributed by atoms with Crippen molar-refractivity contribution in [1.29, 1.82) is 0 Å². The zero-order chi connectivity index (χ0) is 15.9. The number of carbonyl (C=O) groups is 2. The Bertz CT molecular complexity index is 801. The van der Waals surface area contributed by atoms with Gasteiger partial charge in [0.05, 0.1) is 16.0 Å². The lowest BCUT2D eigenvalue weighted by Gasteiger charge is -2.20. The van der Waals surface area contributed by atoms with E-state index in [2.05, 4.69) is 15.9 Å². The van der Waals surface area contributed by atoms with Crippen molar-refractivity contribution in [3.8, 4) is 11.5 Å². The first-order valence-electron chi connectivity index (χ1n) is 6.52. The molecule has 0 aromatic heterocycles. The van der Waals surface area contributed by atoms with Crippen molar-refractivity contribution < 1.29 is 19.8 Å². The van der Waals surface area contributed by atoms with Crippen molar-refractivity contribution in [3.05, 3.63) is 52.6 Å². The Labute approximate surface area is 139 Å². The number of rotatable bonds is 3. The Hall–Kier alpha value is -1.79. The fourth-order valence-corrected chi connectivity index (χ4v) is 3.71. The van der Waals surface area contributed by atoms with Gasteiger partial charge < -0.3 is 10.2 Å². The molecule has 0 amide bonds. The third-order valence-corrected chi connectivity index (χ3v) is 5.40. The second-order valence-electron chi connectivity index (χ2n) is 4.73. The molecule has 0 bridgehead atoms. The van der Waals surface area contributed by atoms with Gasteiger partial charge in [-0.1, -0.05) is 40.2 Å². The van der Waals surface area contributed by atoms with Crippen molar-refractivity contribution in [1.82, 2.24) is 0 Å². The van der Waals surface area contributed by atoms with Crippen molar-refractivity contribution in [2.24, 2.45) is 0 Å². The van der Waals surface area contributed by atoms with E-state index < -0.39 is 11.6 Å². The Balaban J connectivity index is 2.24. The summed E-state index contributed by atoms with van der Waals surface area (Å²) < 4.78 is 0. The van der Waals surface area contributed by atoms with Crippen LogP contribution in [0, 0.1) is 0 Å². The lowest BCUT2D eigenvalue weighted by atomic mass is 9.83. The number of phenolic OH excluding ortho intramolecular Hbond substituents is 2. The van der Waals surface area contributed by atoms with Gasteiger partial charge in [-0.2, -0.15) is 0 Å². The third kappa shape index (κ3) is 2.23. The highest BCUT2D eigenvalue weighted by molar-refractivity contribution is 9.09. The Morgan fingerprint density at radius 2 is 1.59 bits per heavy atom. The van der Waals surface area contributed by atoms with Gasteiger partial charge in [0, 0.05) is 22.2 Å². The molecule has 1 aliphatic rings. The molecule has 2 aromatic rings. The van der Waals surface area contributed by atoms with Crippen molar-refractivity contribution in [2.45, 2.75) is 4.90 Å². The third-order valence-electron chi connectivity index (χ3n) is 3.45. The van der Waals surface area contributed by atoms with Crippen LogP contribution in [0.15, 0.2) is 35.2 Å². The summed E-state index contributed by atoms with van der Waals surface area (Å²) in [5.74, 6) is -0.761. The zero-order valence-corrected chi connectivity index (χ0v) is 13.7. The predicted molar refractivity (Wildman–Crippen MR) is 87.6 cm³/mol. The number of thioether (sulfide) groups is 1. The molecule has 0 aliphatic heterocycles. The summed E-state index contributed by atoms with van der Waals surface area (Å²) in [5, 5.41) is 21.2. The monoisotopic (exact) mass is 378 g/mol. The second kappa shape index (κ2) is 5.78. The van der Waals surface area contributed by atoms with Crippen LogP contribution >= 0.6 is 27.7 Å². The van der Waals surface area contributed by atoms with Crippen LogP contribution in [-0.2, 0) is 0 Å². The number of ketones is 2. The summed E-state index contributed by atoms with van der Waals surface area (Å²) in [7, 11) is 0. The standard InChI is InChI=1S/C16H11BrO4S/c17-5-6-22-11-7-10(18)12-13(16(11)21)15(20)9-4-2-1-3-8(9)14(12)19/h1-4,7,18,21H,5-6H2. The van der Waals surface area contributed by atoms with Gasteiger partial charge in [0.15, 0.2) is 11.6 Å². The summed E-state index contributed by atoms with van der Waals surface area (Å²) in [4.78, 5) is 25.5. The normalized spacial score (nSPS) is 13.0. The molecule has 4 nitrogen and oxygen atoms in total. The minimum atomic E-state index is -0.449. The number of phenols is 2. The molecular formula is C16H11BrO4S. The summed E-state index contributed by atoms with van der Waals surface area (Å²) in [5.41, 5.74) is 0.262. The lowest BCUT2D eigenvalue weighted by Crippen LogP contribution is -2.21. The van der Waals surface area contributed by atoms with Gasteiger partial charge in [-0.3, -0.25) is 9.59 Å². The van der Waals surface area contributed by atoms with E-state index in [1.807, 2.05) is 0 Å². The maximum Gasteiger partial charge on any atom is 0.198 e. The number of hydrogen-bond donors (Lipinski definition) is 2.